The third kappa shape index (κ3) is 5.59. The van der Waals surface area contributed by atoms with E-state index in [0.717, 1.165) is 30.8 Å². The van der Waals surface area contributed by atoms with Gasteiger partial charge in [0.05, 0.1) is 32.9 Å². The molecule has 8 heteroatoms. The highest BCUT2D eigenvalue weighted by molar-refractivity contribution is 6.46. The fourth-order valence-corrected chi connectivity index (χ4v) is 4.86. The average Bonchev–Trinajstić information content (AvgIpc) is 3.16. The lowest BCUT2D eigenvalue weighted by Crippen LogP contribution is -2.33. The van der Waals surface area contributed by atoms with E-state index in [0.29, 0.717) is 41.3 Å². The number of methoxy groups -OCH3 is 3. The van der Waals surface area contributed by atoms with E-state index in [1.54, 1.807) is 17.0 Å². The molecule has 1 amide bonds. The predicted molar refractivity (Wildman–Crippen MR) is 143 cm³/mol. The van der Waals surface area contributed by atoms with E-state index in [9.17, 15) is 14.7 Å². The number of hydrogen-bond acceptors (Lipinski definition) is 7. The normalized spacial score (nSPS) is 17.0. The topological polar surface area (TPSA) is 88.5 Å². The minimum Gasteiger partial charge on any atom is -0.507 e. The summed E-state index contributed by atoms with van der Waals surface area (Å²) < 4.78 is 16.6. The number of carbonyl (C=O) groups is 2. The van der Waals surface area contributed by atoms with Crippen LogP contribution in [0.3, 0.4) is 0 Å². The first-order chi connectivity index (χ1) is 17.7. The molecule has 1 atom stereocenters. The van der Waals surface area contributed by atoms with Gasteiger partial charge >= 0.3 is 0 Å². The Morgan fingerprint density at radius 3 is 2.14 bits per heavy atom. The van der Waals surface area contributed by atoms with Crippen molar-refractivity contribution in [2.45, 2.75) is 40.2 Å². The molecule has 0 radical (unpaired) electrons. The van der Waals surface area contributed by atoms with Crippen LogP contribution >= 0.6 is 0 Å². The third-order valence-corrected chi connectivity index (χ3v) is 6.96. The molecule has 8 nitrogen and oxygen atoms in total. The summed E-state index contributed by atoms with van der Waals surface area (Å²) in [5, 5.41) is 11.5. The molecule has 0 spiro atoms. The fraction of sp³-hybridized carbons (Fsp3) is 0.448. The summed E-state index contributed by atoms with van der Waals surface area (Å²) in [6, 6.07) is 8.29. The Balaban J connectivity index is 2.21. The molecule has 0 bridgehead atoms. The lowest BCUT2D eigenvalue weighted by atomic mass is 9.93. The summed E-state index contributed by atoms with van der Waals surface area (Å²) in [7, 11) is 4.54. The van der Waals surface area contributed by atoms with Crippen LogP contribution in [0.1, 0.15) is 48.6 Å². The van der Waals surface area contributed by atoms with Gasteiger partial charge in [-0.15, -0.1) is 0 Å². The van der Waals surface area contributed by atoms with Crippen molar-refractivity contribution in [3.8, 4) is 17.2 Å². The molecule has 0 aliphatic carbocycles. The highest BCUT2D eigenvalue weighted by Gasteiger charge is 2.46. The Labute approximate surface area is 219 Å². The summed E-state index contributed by atoms with van der Waals surface area (Å²) in [6.07, 6.45) is 0.680. The van der Waals surface area contributed by atoms with E-state index >= 15 is 0 Å². The van der Waals surface area contributed by atoms with Crippen LogP contribution in [0.5, 0.6) is 17.2 Å². The van der Waals surface area contributed by atoms with Gasteiger partial charge in [0, 0.05) is 12.1 Å². The van der Waals surface area contributed by atoms with Gasteiger partial charge in [0.15, 0.2) is 11.5 Å². The molecule has 0 saturated carbocycles. The Morgan fingerprint density at radius 2 is 1.59 bits per heavy atom. The summed E-state index contributed by atoms with van der Waals surface area (Å²) in [5.74, 6) is -0.328. The lowest BCUT2D eigenvalue weighted by Gasteiger charge is -2.27. The number of amides is 1. The highest BCUT2D eigenvalue weighted by atomic mass is 16.5. The molecule has 2 aromatic rings. The van der Waals surface area contributed by atoms with Gasteiger partial charge in [0.1, 0.15) is 5.76 Å². The second-order valence-corrected chi connectivity index (χ2v) is 9.15. The minimum absolute atomic E-state index is 0.0517. The Kier molecular flexibility index (Phi) is 9.21. The largest absolute Gasteiger partial charge is 0.507 e. The average molecular weight is 511 g/mol. The Bertz CT molecular complexity index is 1160. The van der Waals surface area contributed by atoms with Gasteiger partial charge < -0.3 is 29.1 Å². The van der Waals surface area contributed by atoms with E-state index in [1.807, 2.05) is 32.0 Å². The summed E-state index contributed by atoms with van der Waals surface area (Å²) in [4.78, 5) is 30.6. The van der Waals surface area contributed by atoms with Crippen LogP contribution in [-0.4, -0.2) is 74.1 Å². The number of ketones is 1. The highest BCUT2D eigenvalue weighted by Crippen LogP contribution is 2.46. The lowest BCUT2D eigenvalue weighted by molar-refractivity contribution is -0.140. The van der Waals surface area contributed by atoms with E-state index < -0.39 is 17.7 Å². The van der Waals surface area contributed by atoms with Crippen LogP contribution < -0.4 is 14.2 Å². The van der Waals surface area contributed by atoms with Gasteiger partial charge in [-0.2, -0.15) is 0 Å². The smallest absolute Gasteiger partial charge is 0.295 e. The first-order valence-corrected chi connectivity index (χ1v) is 12.6. The first-order valence-electron chi connectivity index (χ1n) is 12.6. The van der Waals surface area contributed by atoms with E-state index in [1.165, 1.54) is 21.3 Å². The van der Waals surface area contributed by atoms with Gasteiger partial charge in [-0.05, 0) is 69.2 Å². The number of hydrogen-bond donors (Lipinski definition) is 1. The zero-order chi connectivity index (χ0) is 27.3. The maximum absolute atomic E-state index is 13.4. The molecule has 3 rings (SSSR count). The standard InChI is InChI=1S/C29H38N2O6/c1-8-30(9-2)13-10-14-31-25(20-16-22(35-5)28(37-7)23(17-20)36-6)24(27(33)29(31)34)26(32)21-15-18(3)11-12-19(21)4/h11-12,15-17,25,32H,8-10,13-14H2,1-7H3/b26-24+. The maximum Gasteiger partial charge on any atom is 0.295 e. The van der Waals surface area contributed by atoms with Gasteiger partial charge in [-0.1, -0.05) is 31.5 Å². The molecule has 1 aliphatic rings. The molecule has 200 valence electrons. The Morgan fingerprint density at radius 1 is 0.973 bits per heavy atom. The van der Waals surface area contributed by atoms with Crippen molar-refractivity contribution < 1.29 is 28.9 Å². The van der Waals surface area contributed by atoms with Gasteiger partial charge in [-0.25, -0.2) is 0 Å². The molecule has 1 heterocycles. The number of Topliss-reactive ketones (excluding diaryl/α,β-unsaturated/α-hetero) is 1. The predicted octanol–water partition coefficient (Wildman–Crippen LogP) is 4.48. The van der Waals surface area contributed by atoms with Crippen LogP contribution in [0.4, 0.5) is 0 Å². The number of likely N-dealkylation sites (tertiary alicyclic amines) is 1. The number of ether oxygens (including phenoxy) is 3. The van der Waals surface area contributed by atoms with E-state index in [-0.39, 0.29) is 11.3 Å². The van der Waals surface area contributed by atoms with Crippen LogP contribution in [0, 0.1) is 13.8 Å². The minimum atomic E-state index is -0.815. The summed E-state index contributed by atoms with van der Waals surface area (Å²) in [5.41, 5.74) is 2.90. The van der Waals surface area contributed by atoms with Gasteiger partial charge in [-0.3, -0.25) is 9.59 Å². The molecular formula is C29H38N2O6. The Hall–Kier alpha value is -3.52. The van der Waals surface area contributed by atoms with Crippen molar-refractivity contribution >= 4 is 17.4 Å². The van der Waals surface area contributed by atoms with E-state index in [2.05, 4.69) is 18.7 Å². The maximum atomic E-state index is 13.4. The zero-order valence-corrected chi connectivity index (χ0v) is 22.9. The van der Waals surface area contributed by atoms with Crippen molar-refractivity contribution in [2.24, 2.45) is 0 Å². The monoisotopic (exact) mass is 510 g/mol. The molecule has 1 N–H and O–H groups in total. The number of aryl methyl sites for hydroxylation is 2. The third-order valence-electron chi connectivity index (χ3n) is 6.96. The fourth-order valence-electron chi connectivity index (χ4n) is 4.86. The summed E-state index contributed by atoms with van der Waals surface area (Å²) >= 11 is 0. The van der Waals surface area contributed by atoms with Gasteiger partial charge in [0.25, 0.3) is 11.7 Å². The number of aliphatic hydroxyl groups excluding tert-OH is 1. The molecule has 2 aromatic carbocycles. The van der Waals surface area contributed by atoms with Crippen molar-refractivity contribution in [1.29, 1.82) is 0 Å². The molecule has 1 unspecified atom stereocenters. The van der Waals surface area contributed by atoms with Crippen molar-refractivity contribution in [3.63, 3.8) is 0 Å². The number of rotatable bonds is 11. The second kappa shape index (κ2) is 12.1. The second-order valence-electron chi connectivity index (χ2n) is 9.15. The van der Waals surface area contributed by atoms with Crippen LogP contribution in [0.25, 0.3) is 5.76 Å². The van der Waals surface area contributed by atoms with Crippen LogP contribution in [-0.2, 0) is 9.59 Å². The molecule has 37 heavy (non-hydrogen) atoms. The van der Waals surface area contributed by atoms with Crippen molar-refractivity contribution in [3.05, 3.63) is 58.2 Å². The van der Waals surface area contributed by atoms with E-state index in [4.69, 9.17) is 14.2 Å². The number of benzene rings is 2. The molecule has 1 fully saturated rings. The van der Waals surface area contributed by atoms with Gasteiger partial charge in [0.2, 0.25) is 5.75 Å². The molecule has 1 aliphatic heterocycles. The zero-order valence-electron chi connectivity index (χ0n) is 22.9. The van der Waals surface area contributed by atoms with Crippen LogP contribution in [0.2, 0.25) is 0 Å². The number of aliphatic hydroxyl groups is 1. The van der Waals surface area contributed by atoms with Crippen molar-refractivity contribution in [2.75, 3.05) is 47.5 Å². The number of nitrogens with zero attached hydrogens (tertiary/aromatic N) is 2. The molecule has 1 saturated heterocycles. The SMILES string of the molecule is CCN(CC)CCCN1C(=O)C(=O)/C(=C(/O)c2cc(C)ccc2C)C1c1cc(OC)c(OC)c(OC)c1. The number of carbonyl (C=O) groups excluding carboxylic acids is 2. The van der Waals surface area contributed by atoms with Crippen molar-refractivity contribution in [1.82, 2.24) is 9.80 Å². The quantitative estimate of drug-likeness (QED) is 0.271. The van der Waals surface area contributed by atoms with Crippen LogP contribution in [0.15, 0.2) is 35.9 Å². The summed E-state index contributed by atoms with van der Waals surface area (Å²) in [6.45, 7) is 10.9. The first kappa shape index (κ1) is 28.1. The molecular weight excluding hydrogens is 472 g/mol. The molecule has 0 aromatic heterocycles.